The van der Waals surface area contributed by atoms with Crippen molar-refractivity contribution in [1.29, 1.82) is 0 Å². The molecule has 1 heterocycles. The Morgan fingerprint density at radius 3 is 2.95 bits per heavy atom. The van der Waals surface area contributed by atoms with E-state index in [1.807, 2.05) is 0 Å². The van der Waals surface area contributed by atoms with Crippen LogP contribution in [0.4, 0.5) is 11.4 Å². The van der Waals surface area contributed by atoms with Gasteiger partial charge in [-0.1, -0.05) is 30.3 Å². The van der Waals surface area contributed by atoms with Crippen LogP contribution in [0.2, 0.25) is 0 Å². The monoisotopic (exact) mass is 266 g/mol. The number of aryl methyl sites for hydroxylation is 3. The second-order valence-electron chi connectivity index (χ2n) is 5.65. The number of hydrogen-bond acceptors (Lipinski definition) is 2. The first-order chi connectivity index (χ1) is 9.74. The summed E-state index contributed by atoms with van der Waals surface area (Å²) < 4.78 is 0. The van der Waals surface area contributed by atoms with Crippen LogP contribution in [0.1, 0.15) is 28.7 Å². The third-order valence-electron chi connectivity index (χ3n) is 4.02. The molecule has 2 heteroatoms. The Labute approximate surface area is 121 Å². The standard InChI is InChI=1S/C18H22N2/c1-13-8-9-14(2)17(11-13)20-12-16-6-3-5-15-7-4-10-19-18(15)16/h3,5-6,8-9,11,19-20H,4,7,10,12H2,1-2H3. The highest BCUT2D eigenvalue weighted by atomic mass is 14.9. The van der Waals surface area contributed by atoms with E-state index in [4.69, 9.17) is 0 Å². The van der Waals surface area contributed by atoms with Gasteiger partial charge >= 0.3 is 0 Å². The van der Waals surface area contributed by atoms with Gasteiger partial charge in [0.25, 0.3) is 0 Å². The smallest absolute Gasteiger partial charge is 0.0423 e. The van der Waals surface area contributed by atoms with Gasteiger partial charge in [0, 0.05) is 24.5 Å². The number of para-hydroxylation sites is 1. The van der Waals surface area contributed by atoms with E-state index in [-0.39, 0.29) is 0 Å². The van der Waals surface area contributed by atoms with Gasteiger partial charge in [-0.25, -0.2) is 0 Å². The third kappa shape index (κ3) is 2.64. The highest BCUT2D eigenvalue weighted by Crippen LogP contribution is 2.27. The molecule has 2 aromatic rings. The first-order valence-corrected chi connectivity index (χ1v) is 7.40. The summed E-state index contributed by atoms with van der Waals surface area (Å²) in [5, 5.41) is 7.13. The minimum absolute atomic E-state index is 0.875. The van der Waals surface area contributed by atoms with E-state index < -0.39 is 0 Å². The molecule has 2 aromatic carbocycles. The molecule has 0 saturated carbocycles. The van der Waals surface area contributed by atoms with Crippen molar-refractivity contribution in [3.63, 3.8) is 0 Å². The van der Waals surface area contributed by atoms with Gasteiger partial charge in [-0.05, 0) is 55.0 Å². The third-order valence-corrected chi connectivity index (χ3v) is 4.02. The molecular weight excluding hydrogens is 244 g/mol. The van der Waals surface area contributed by atoms with Gasteiger partial charge in [0.05, 0.1) is 0 Å². The molecule has 0 bridgehead atoms. The van der Waals surface area contributed by atoms with Crippen molar-refractivity contribution >= 4 is 11.4 Å². The molecule has 0 unspecified atom stereocenters. The van der Waals surface area contributed by atoms with Crippen LogP contribution in [0.3, 0.4) is 0 Å². The highest BCUT2D eigenvalue weighted by Gasteiger charge is 2.12. The van der Waals surface area contributed by atoms with Gasteiger partial charge in [-0.15, -0.1) is 0 Å². The van der Waals surface area contributed by atoms with Crippen LogP contribution < -0.4 is 10.6 Å². The van der Waals surface area contributed by atoms with Crippen LogP contribution in [-0.4, -0.2) is 6.54 Å². The number of anilines is 2. The lowest BCUT2D eigenvalue weighted by molar-refractivity contribution is 0.825. The fraction of sp³-hybridized carbons (Fsp3) is 0.333. The first kappa shape index (κ1) is 13.0. The van der Waals surface area contributed by atoms with Crippen molar-refractivity contribution < 1.29 is 0 Å². The van der Waals surface area contributed by atoms with E-state index in [1.165, 1.54) is 46.5 Å². The molecule has 0 amide bonds. The first-order valence-electron chi connectivity index (χ1n) is 7.40. The van der Waals surface area contributed by atoms with Crippen LogP contribution in [0.25, 0.3) is 0 Å². The molecule has 20 heavy (non-hydrogen) atoms. The Kier molecular flexibility index (Phi) is 3.64. The van der Waals surface area contributed by atoms with Crippen molar-refractivity contribution in [2.75, 3.05) is 17.2 Å². The van der Waals surface area contributed by atoms with Crippen LogP contribution >= 0.6 is 0 Å². The molecule has 0 spiro atoms. The molecule has 2 N–H and O–H groups in total. The fourth-order valence-electron chi connectivity index (χ4n) is 2.84. The van der Waals surface area contributed by atoms with Crippen LogP contribution in [0.5, 0.6) is 0 Å². The Bertz CT molecular complexity index is 617. The maximum Gasteiger partial charge on any atom is 0.0423 e. The van der Waals surface area contributed by atoms with Crippen molar-refractivity contribution in [3.8, 4) is 0 Å². The van der Waals surface area contributed by atoms with Gasteiger partial charge in [0.2, 0.25) is 0 Å². The largest absolute Gasteiger partial charge is 0.385 e. The number of fused-ring (bicyclic) bond motifs is 1. The van der Waals surface area contributed by atoms with Crippen molar-refractivity contribution in [2.24, 2.45) is 0 Å². The summed E-state index contributed by atoms with van der Waals surface area (Å²) in [5.74, 6) is 0. The second-order valence-corrected chi connectivity index (χ2v) is 5.65. The topological polar surface area (TPSA) is 24.1 Å². The number of rotatable bonds is 3. The molecule has 104 valence electrons. The number of hydrogen-bond donors (Lipinski definition) is 2. The molecule has 0 saturated heterocycles. The Hall–Kier alpha value is -1.96. The molecule has 0 aliphatic carbocycles. The van der Waals surface area contributed by atoms with Gasteiger partial charge in [0.15, 0.2) is 0 Å². The molecule has 1 aliphatic rings. The molecule has 3 rings (SSSR count). The summed E-state index contributed by atoms with van der Waals surface area (Å²) in [4.78, 5) is 0. The lowest BCUT2D eigenvalue weighted by atomic mass is 9.99. The molecule has 0 aromatic heterocycles. The Balaban J connectivity index is 1.80. The summed E-state index contributed by atoms with van der Waals surface area (Å²) in [7, 11) is 0. The predicted molar refractivity (Wildman–Crippen MR) is 86.5 cm³/mol. The Morgan fingerprint density at radius 2 is 2.05 bits per heavy atom. The normalized spacial score (nSPS) is 13.5. The van der Waals surface area contributed by atoms with E-state index in [0.717, 1.165) is 13.1 Å². The average molecular weight is 266 g/mol. The zero-order valence-electron chi connectivity index (χ0n) is 12.3. The summed E-state index contributed by atoms with van der Waals surface area (Å²) >= 11 is 0. The molecular formula is C18H22N2. The van der Waals surface area contributed by atoms with E-state index >= 15 is 0 Å². The van der Waals surface area contributed by atoms with E-state index in [1.54, 1.807) is 0 Å². The predicted octanol–water partition coefficient (Wildman–Crippen LogP) is 4.27. The number of benzene rings is 2. The summed E-state index contributed by atoms with van der Waals surface area (Å²) in [5.41, 5.74) is 7.99. The molecule has 2 nitrogen and oxygen atoms in total. The van der Waals surface area contributed by atoms with Crippen molar-refractivity contribution in [3.05, 3.63) is 58.7 Å². The zero-order valence-corrected chi connectivity index (χ0v) is 12.3. The minimum Gasteiger partial charge on any atom is -0.385 e. The van der Waals surface area contributed by atoms with Crippen LogP contribution in [-0.2, 0) is 13.0 Å². The number of nitrogens with one attached hydrogen (secondary N) is 2. The van der Waals surface area contributed by atoms with Gasteiger partial charge in [0.1, 0.15) is 0 Å². The maximum absolute atomic E-state index is 3.58. The molecule has 0 fully saturated rings. The van der Waals surface area contributed by atoms with Gasteiger partial charge < -0.3 is 10.6 Å². The van der Waals surface area contributed by atoms with Crippen molar-refractivity contribution in [1.82, 2.24) is 0 Å². The SMILES string of the molecule is Cc1ccc(C)c(NCc2cccc3c2NCCC3)c1. The molecule has 1 aliphatic heterocycles. The Morgan fingerprint density at radius 1 is 1.15 bits per heavy atom. The quantitative estimate of drug-likeness (QED) is 0.866. The second kappa shape index (κ2) is 5.58. The molecule has 0 atom stereocenters. The zero-order chi connectivity index (χ0) is 13.9. The lowest BCUT2D eigenvalue weighted by Crippen LogP contribution is -2.15. The average Bonchev–Trinajstić information content (AvgIpc) is 2.48. The van der Waals surface area contributed by atoms with E-state index in [2.05, 4.69) is 60.9 Å². The summed E-state index contributed by atoms with van der Waals surface area (Å²) in [6.07, 6.45) is 2.43. The van der Waals surface area contributed by atoms with Gasteiger partial charge in [-0.3, -0.25) is 0 Å². The van der Waals surface area contributed by atoms with Crippen LogP contribution in [0, 0.1) is 13.8 Å². The lowest BCUT2D eigenvalue weighted by Gasteiger charge is -2.22. The fourth-order valence-corrected chi connectivity index (χ4v) is 2.84. The van der Waals surface area contributed by atoms with E-state index in [9.17, 15) is 0 Å². The highest BCUT2D eigenvalue weighted by molar-refractivity contribution is 5.61. The van der Waals surface area contributed by atoms with Crippen molar-refractivity contribution in [2.45, 2.75) is 33.2 Å². The summed E-state index contributed by atoms with van der Waals surface area (Å²) in [6.45, 7) is 6.25. The summed E-state index contributed by atoms with van der Waals surface area (Å²) in [6, 6.07) is 13.2. The van der Waals surface area contributed by atoms with Crippen LogP contribution in [0.15, 0.2) is 36.4 Å². The minimum atomic E-state index is 0.875. The molecule has 0 radical (unpaired) electrons. The van der Waals surface area contributed by atoms with Gasteiger partial charge in [-0.2, -0.15) is 0 Å². The maximum atomic E-state index is 3.58. The van der Waals surface area contributed by atoms with E-state index in [0.29, 0.717) is 0 Å².